The molecule has 1 aliphatic carbocycles. The van der Waals surface area contributed by atoms with Gasteiger partial charge in [0, 0.05) is 18.2 Å². The van der Waals surface area contributed by atoms with Gasteiger partial charge >= 0.3 is 0 Å². The third-order valence-electron chi connectivity index (χ3n) is 5.59. The number of nitrogens with one attached hydrogen (secondary N) is 2. The summed E-state index contributed by atoms with van der Waals surface area (Å²) in [7, 11) is -3.46. The van der Waals surface area contributed by atoms with E-state index in [1.54, 1.807) is 0 Å². The molecule has 1 heterocycles. The summed E-state index contributed by atoms with van der Waals surface area (Å²) in [6, 6.07) is 10.2. The van der Waals surface area contributed by atoms with E-state index in [1.807, 2.05) is 18.2 Å². The highest BCUT2D eigenvalue weighted by Gasteiger charge is 2.49. The highest BCUT2D eigenvalue weighted by atomic mass is 35.5. The number of piperidine rings is 1. The molecule has 0 bridgehead atoms. The minimum absolute atomic E-state index is 0. The summed E-state index contributed by atoms with van der Waals surface area (Å²) in [6.45, 7) is 1.13. The minimum atomic E-state index is -3.46. The Bertz CT molecular complexity index is 688. The molecule has 1 aromatic rings. The molecule has 7 heteroatoms. The number of hydrogen-bond acceptors (Lipinski definition) is 4. The number of benzene rings is 1. The predicted molar refractivity (Wildman–Crippen MR) is 102 cm³/mol. The summed E-state index contributed by atoms with van der Waals surface area (Å²) in [4.78, 5) is 13.0. The van der Waals surface area contributed by atoms with Gasteiger partial charge in [-0.3, -0.25) is 4.79 Å². The lowest BCUT2D eigenvalue weighted by molar-refractivity contribution is -0.125. The summed E-state index contributed by atoms with van der Waals surface area (Å²) in [6.07, 6.45) is 4.88. The van der Waals surface area contributed by atoms with Gasteiger partial charge in [0.2, 0.25) is 5.91 Å². The monoisotopic (exact) mass is 386 g/mol. The van der Waals surface area contributed by atoms with Crippen LogP contribution in [-0.2, 0) is 14.6 Å². The summed E-state index contributed by atoms with van der Waals surface area (Å²) in [5.74, 6) is -0.0344. The lowest BCUT2D eigenvalue weighted by Crippen LogP contribution is -2.59. The topological polar surface area (TPSA) is 75.3 Å². The first kappa shape index (κ1) is 20.2. The summed E-state index contributed by atoms with van der Waals surface area (Å²) >= 11 is 0. The first-order chi connectivity index (χ1) is 11.4. The highest BCUT2D eigenvalue weighted by molar-refractivity contribution is 7.92. The van der Waals surface area contributed by atoms with Gasteiger partial charge in [-0.25, -0.2) is 8.42 Å². The third kappa shape index (κ3) is 4.01. The fourth-order valence-electron chi connectivity index (χ4n) is 4.13. The molecule has 2 fully saturated rings. The number of rotatable bonds is 4. The zero-order valence-corrected chi connectivity index (χ0v) is 16.2. The molecule has 2 aliphatic rings. The molecule has 5 nitrogen and oxygen atoms in total. The van der Waals surface area contributed by atoms with Crippen LogP contribution in [-0.4, -0.2) is 44.5 Å². The second-order valence-corrected chi connectivity index (χ2v) is 9.37. The van der Waals surface area contributed by atoms with Crippen LogP contribution in [0.1, 0.15) is 43.6 Å². The van der Waals surface area contributed by atoms with Crippen LogP contribution in [0.2, 0.25) is 0 Å². The Morgan fingerprint density at radius 1 is 1.16 bits per heavy atom. The van der Waals surface area contributed by atoms with Gasteiger partial charge in [-0.1, -0.05) is 36.8 Å². The molecule has 2 atom stereocenters. The van der Waals surface area contributed by atoms with Crippen molar-refractivity contribution in [2.45, 2.75) is 48.8 Å². The van der Waals surface area contributed by atoms with Crippen LogP contribution in [0, 0.1) is 0 Å². The maximum atomic E-state index is 13.0. The van der Waals surface area contributed by atoms with E-state index in [2.05, 4.69) is 22.8 Å². The molecular weight excluding hydrogens is 360 g/mol. The van der Waals surface area contributed by atoms with Crippen molar-refractivity contribution < 1.29 is 13.2 Å². The van der Waals surface area contributed by atoms with E-state index >= 15 is 0 Å². The average molecular weight is 387 g/mol. The van der Waals surface area contributed by atoms with Gasteiger partial charge in [-0.05, 0) is 44.3 Å². The van der Waals surface area contributed by atoms with E-state index < -0.39 is 14.6 Å². The number of sulfone groups is 1. The van der Waals surface area contributed by atoms with E-state index in [0.717, 1.165) is 19.3 Å². The molecule has 25 heavy (non-hydrogen) atoms. The lowest BCUT2D eigenvalue weighted by atomic mass is 9.91. The fourth-order valence-corrected chi connectivity index (χ4v) is 5.47. The second kappa shape index (κ2) is 8.06. The Morgan fingerprint density at radius 2 is 1.80 bits per heavy atom. The van der Waals surface area contributed by atoms with Crippen LogP contribution >= 0.6 is 12.4 Å². The zero-order valence-electron chi connectivity index (χ0n) is 14.5. The van der Waals surface area contributed by atoms with Crippen LogP contribution in [0.5, 0.6) is 0 Å². The summed E-state index contributed by atoms with van der Waals surface area (Å²) in [5.41, 5.74) is 1.22. The SMILES string of the molecule is CS(=O)(=O)C1(C(=O)NC2CCCC2c2ccccc2)CCNCC1.Cl. The van der Waals surface area contributed by atoms with Crippen LogP contribution in [0.4, 0.5) is 0 Å². The Kier molecular flexibility index (Phi) is 6.51. The fraction of sp³-hybridized carbons (Fsp3) is 0.611. The largest absolute Gasteiger partial charge is 0.351 e. The average Bonchev–Trinajstić information content (AvgIpc) is 3.03. The molecule has 0 aromatic heterocycles. The molecule has 3 rings (SSSR count). The van der Waals surface area contributed by atoms with E-state index in [0.29, 0.717) is 25.9 Å². The van der Waals surface area contributed by atoms with Crippen molar-refractivity contribution in [3.63, 3.8) is 0 Å². The quantitative estimate of drug-likeness (QED) is 0.830. The smallest absolute Gasteiger partial charge is 0.241 e. The molecule has 1 amide bonds. The number of hydrogen-bond donors (Lipinski definition) is 2. The molecule has 140 valence electrons. The minimum Gasteiger partial charge on any atom is -0.351 e. The normalized spacial score (nSPS) is 25.8. The molecular formula is C18H27ClN2O3S. The number of amides is 1. The first-order valence-corrected chi connectivity index (χ1v) is 10.6. The molecule has 1 saturated carbocycles. The Hall–Kier alpha value is -1.11. The number of carbonyl (C=O) groups is 1. The van der Waals surface area contributed by atoms with Gasteiger partial charge in [0.15, 0.2) is 14.6 Å². The molecule has 1 saturated heterocycles. The maximum absolute atomic E-state index is 13.0. The molecule has 2 unspecified atom stereocenters. The van der Waals surface area contributed by atoms with Gasteiger partial charge in [-0.2, -0.15) is 0 Å². The van der Waals surface area contributed by atoms with Crippen LogP contribution in [0.3, 0.4) is 0 Å². The number of halogens is 1. The van der Waals surface area contributed by atoms with Gasteiger partial charge in [-0.15, -0.1) is 12.4 Å². The summed E-state index contributed by atoms with van der Waals surface area (Å²) in [5, 5.41) is 6.25. The molecule has 1 aromatic carbocycles. The van der Waals surface area contributed by atoms with Crippen molar-refractivity contribution in [3.8, 4) is 0 Å². The van der Waals surface area contributed by atoms with Crippen molar-refractivity contribution in [3.05, 3.63) is 35.9 Å². The first-order valence-electron chi connectivity index (χ1n) is 8.70. The van der Waals surface area contributed by atoms with Crippen molar-refractivity contribution in [2.75, 3.05) is 19.3 Å². The maximum Gasteiger partial charge on any atom is 0.241 e. The van der Waals surface area contributed by atoms with Crippen molar-refractivity contribution in [2.24, 2.45) is 0 Å². The zero-order chi connectivity index (χ0) is 17.2. The molecule has 1 aliphatic heterocycles. The van der Waals surface area contributed by atoms with Crippen LogP contribution in [0.25, 0.3) is 0 Å². The molecule has 0 radical (unpaired) electrons. The predicted octanol–water partition coefficient (Wildman–Crippen LogP) is 2.03. The lowest BCUT2D eigenvalue weighted by Gasteiger charge is -2.36. The Labute approximate surface area is 156 Å². The summed E-state index contributed by atoms with van der Waals surface area (Å²) < 4.78 is 23.5. The van der Waals surface area contributed by atoms with Crippen molar-refractivity contribution >= 4 is 28.2 Å². The highest BCUT2D eigenvalue weighted by Crippen LogP contribution is 2.36. The van der Waals surface area contributed by atoms with Crippen LogP contribution < -0.4 is 10.6 Å². The van der Waals surface area contributed by atoms with Gasteiger partial charge in [0.05, 0.1) is 0 Å². The van der Waals surface area contributed by atoms with Gasteiger partial charge in [0.25, 0.3) is 0 Å². The van der Waals surface area contributed by atoms with E-state index in [-0.39, 0.29) is 30.3 Å². The second-order valence-electron chi connectivity index (χ2n) is 7.04. The van der Waals surface area contributed by atoms with E-state index in [9.17, 15) is 13.2 Å². The van der Waals surface area contributed by atoms with Crippen molar-refractivity contribution in [1.82, 2.24) is 10.6 Å². The van der Waals surface area contributed by atoms with E-state index in [4.69, 9.17) is 0 Å². The third-order valence-corrected chi connectivity index (χ3v) is 7.61. The van der Waals surface area contributed by atoms with Crippen molar-refractivity contribution in [1.29, 1.82) is 0 Å². The Balaban J connectivity index is 0.00000225. The van der Waals surface area contributed by atoms with Gasteiger partial charge < -0.3 is 10.6 Å². The number of carbonyl (C=O) groups excluding carboxylic acids is 1. The molecule has 0 spiro atoms. The van der Waals surface area contributed by atoms with Crippen LogP contribution in [0.15, 0.2) is 30.3 Å². The van der Waals surface area contributed by atoms with E-state index in [1.165, 1.54) is 11.8 Å². The van der Waals surface area contributed by atoms with Gasteiger partial charge in [0.1, 0.15) is 0 Å². The molecule has 2 N–H and O–H groups in total. The Morgan fingerprint density at radius 3 is 2.40 bits per heavy atom. The standard InChI is InChI=1S/C18H26N2O3S.ClH/c1-24(22,23)18(10-12-19-13-11-18)17(21)20-16-9-5-8-15(16)14-6-3-2-4-7-14;/h2-4,6-7,15-16,19H,5,8-13H2,1H3,(H,20,21);1H.